The summed E-state index contributed by atoms with van der Waals surface area (Å²) in [4.78, 5) is 28.5. The number of hydrogen-bond acceptors (Lipinski definition) is 4. The minimum Gasteiger partial charge on any atom is -0.352 e. The van der Waals surface area contributed by atoms with E-state index < -0.39 is 28.5 Å². The highest BCUT2D eigenvalue weighted by molar-refractivity contribution is 7.92. The van der Waals surface area contributed by atoms with Gasteiger partial charge in [-0.3, -0.25) is 13.9 Å². The molecule has 7 nitrogen and oxygen atoms in total. The van der Waals surface area contributed by atoms with E-state index in [1.54, 1.807) is 49.4 Å². The van der Waals surface area contributed by atoms with Crippen LogP contribution in [0.25, 0.3) is 0 Å². The van der Waals surface area contributed by atoms with E-state index in [1.165, 1.54) is 29.2 Å². The van der Waals surface area contributed by atoms with Crippen LogP contribution in [0.3, 0.4) is 0 Å². The number of sulfonamides is 1. The second kappa shape index (κ2) is 13.9. The normalized spacial score (nSPS) is 12.2. The molecule has 0 saturated carbocycles. The number of rotatable bonds is 11. The lowest BCUT2D eigenvalue weighted by Gasteiger charge is -2.33. The molecule has 0 bridgehead atoms. The van der Waals surface area contributed by atoms with Crippen LogP contribution in [0, 0.1) is 0 Å². The lowest BCUT2D eigenvalue weighted by atomic mass is 10.1. The third kappa shape index (κ3) is 7.62. The SMILES string of the molecule is CCC(C(=O)NC(C)C)N(Cc1ccc(Cl)c(Cl)c1)C(=O)CN(c1cccc(Cl)c1Cl)S(=O)(=O)c1ccccc1. The van der Waals surface area contributed by atoms with E-state index in [0.717, 1.165) is 4.31 Å². The molecule has 0 heterocycles. The van der Waals surface area contributed by atoms with E-state index in [4.69, 9.17) is 46.4 Å². The average Bonchev–Trinajstić information content (AvgIpc) is 2.91. The van der Waals surface area contributed by atoms with Crippen molar-refractivity contribution in [2.75, 3.05) is 10.8 Å². The van der Waals surface area contributed by atoms with Gasteiger partial charge in [-0.05, 0) is 62.2 Å². The van der Waals surface area contributed by atoms with Gasteiger partial charge in [0.2, 0.25) is 11.8 Å². The number of halogens is 4. The van der Waals surface area contributed by atoms with E-state index in [0.29, 0.717) is 10.6 Å². The lowest BCUT2D eigenvalue weighted by molar-refractivity contribution is -0.140. The monoisotopic (exact) mass is 643 g/mol. The summed E-state index contributed by atoms with van der Waals surface area (Å²) in [6.07, 6.45) is 0.273. The maximum Gasteiger partial charge on any atom is 0.264 e. The summed E-state index contributed by atoms with van der Waals surface area (Å²) >= 11 is 25.0. The Bertz CT molecular complexity index is 1470. The summed E-state index contributed by atoms with van der Waals surface area (Å²) in [5, 5.41) is 3.55. The second-order valence-corrected chi connectivity index (χ2v) is 12.7. The van der Waals surface area contributed by atoms with Crippen LogP contribution in [-0.4, -0.2) is 43.8 Å². The molecule has 1 atom stereocenters. The summed E-state index contributed by atoms with van der Waals surface area (Å²) in [5.41, 5.74) is 0.636. The minimum absolute atomic E-state index is 0.0255. The molecular formula is C28H29Cl4N3O4S. The summed E-state index contributed by atoms with van der Waals surface area (Å²) in [7, 11) is -4.28. The van der Waals surface area contributed by atoms with Crippen molar-refractivity contribution in [3.8, 4) is 0 Å². The van der Waals surface area contributed by atoms with E-state index in [-0.39, 0.29) is 50.6 Å². The molecule has 1 unspecified atom stereocenters. The quantitative estimate of drug-likeness (QED) is 0.248. The molecule has 0 aliphatic rings. The number of benzene rings is 3. The first-order valence-electron chi connectivity index (χ1n) is 12.4. The van der Waals surface area contributed by atoms with Crippen LogP contribution in [0.4, 0.5) is 5.69 Å². The molecule has 0 aromatic heterocycles. The van der Waals surface area contributed by atoms with Crippen LogP contribution in [0.5, 0.6) is 0 Å². The van der Waals surface area contributed by atoms with Crippen LogP contribution in [-0.2, 0) is 26.2 Å². The van der Waals surface area contributed by atoms with Crippen molar-refractivity contribution in [2.45, 2.75) is 50.7 Å². The first kappa shape index (κ1) is 32.0. The molecule has 0 aliphatic heterocycles. The smallest absolute Gasteiger partial charge is 0.264 e. The van der Waals surface area contributed by atoms with E-state index in [9.17, 15) is 18.0 Å². The van der Waals surface area contributed by atoms with Gasteiger partial charge in [0.25, 0.3) is 10.0 Å². The van der Waals surface area contributed by atoms with Gasteiger partial charge in [-0.15, -0.1) is 0 Å². The maximum atomic E-state index is 14.1. The third-order valence-electron chi connectivity index (χ3n) is 5.96. The van der Waals surface area contributed by atoms with Gasteiger partial charge < -0.3 is 10.2 Å². The highest BCUT2D eigenvalue weighted by Crippen LogP contribution is 2.35. The molecule has 0 spiro atoms. The molecule has 40 heavy (non-hydrogen) atoms. The Morgan fingerprint density at radius 1 is 0.875 bits per heavy atom. The molecule has 3 aromatic carbocycles. The fourth-order valence-electron chi connectivity index (χ4n) is 4.05. The van der Waals surface area contributed by atoms with E-state index >= 15 is 0 Å². The number of nitrogens with zero attached hydrogens (tertiary/aromatic N) is 2. The van der Waals surface area contributed by atoms with Gasteiger partial charge >= 0.3 is 0 Å². The molecule has 3 aromatic rings. The molecular weight excluding hydrogens is 616 g/mol. The Hall–Kier alpha value is -2.49. The fraction of sp³-hybridized carbons (Fsp3) is 0.286. The van der Waals surface area contributed by atoms with Crippen LogP contribution >= 0.6 is 46.4 Å². The molecule has 3 rings (SSSR count). The number of hydrogen-bond donors (Lipinski definition) is 1. The summed E-state index contributed by atoms with van der Waals surface area (Å²) in [5.74, 6) is -1.00. The third-order valence-corrected chi connectivity index (χ3v) is 9.29. The largest absolute Gasteiger partial charge is 0.352 e. The van der Waals surface area contributed by atoms with Gasteiger partial charge in [-0.25, -0.2) is 8.42 Å². The lowest BCUT2D eigenvalue weighted by Crippen LogP contribution is -2.53. The van der Waals surface area contributed by atoms with Crippen molar-refractivity contribution in [3.63, 3.8) is 0 Å². The van der Waals surface area contributed by atoms with Crippen molar-refractivity contribution in [1.29, 1.82) is 0 Å². The van der Waals surface area contributed by atoms with E-state index in [1.807, 2.05) is 13.8 Å². The van der Waals surface area contributed by atoms with Crippen molar-refractivity contribution in [3.05, 3.63) is 92.4 Å². The second-order valence-electron chi connectivity index (χ2n) is 9.26. The number of anilines is 1. The molecule has 0 radical (unpaired) electrons. The Morgan fingerprint density at radius 3 is 2.15 bits per heavy atom. The highest BCUT2D eigenvalue weighted by atomic mass is 35.5. The number of nitrogens with one attached hydrogen (secondary N) is 1. The summed E-state index contributed by atoms with van der Waals surface area (Å²) in [6, 6.07) is 16.0. The predicted octanol–water partition coefficient (Wildman–Crippen LogP) is 6.83. The Labute approximate surface area is 255 Å². The van der Waals surface area contributed by atoms with Gasteiger partial charge in [0.05, 0.1) is 30.7 Å². The molecule has 12 heteroatoms. The Kier molecular flexibility index (Phi) is 11.1. The van der Waals surface area contributed by atoms with Crippen molar-refractivity contribution in [1.82, 2.24) is 10.2 Å². The molecule has 214 valence electrons. The highest BCUT2D eigenvalue weighted by Gasteiger charge is 2.34. The summed E-state index contributed by atoms with van der Waals surface area (Å²) in [6.45, 7) is 4.72. The fourth-order valence-corrected chi connectivity index (χ4v) is 6.27. The van der Waals surface area contributed by atoms with Crippen LogP contribution in [0.1, 0.15) is 32.8 Å². The standard InChI is InChI=1S/C28H29Cl4N3O4S/c1-4-24(28(37)33-18(2)3)34(16-19-13-14-21(29)23(31)15-19)26(36)17-35(25-12-8-11-22(30)27(25)32)40(38,39)20-9-6-5-7-10-20/h5-15,18,24H,4,16-17H2,1-3H3,(H,33,37). The number of amides is 2. The first-order valence-corrected chi connectivity index (χ1v) is 15.4. The Balaban J connectivity index is 2.11. The molecule has 1 N–H and O–H groups in total. The van der Waals surface area contributed by atoms with Crippen molar-refractivity contribution < 1.29 is 18.0 Å². The molecule has 0 fully saturated rings. The van der Waals surface area contributed by atoms with Gasteiger partial charge in [0.15, 0.2) is 0 Å². The minimum atomic E-state index is -4.28. The summed E-state index contributed by atoms with van der Waals surface area (Å²) < 4.78 is 28.6. The van der Waals surface area contributed by atoms with Crippen molar-refractivity contribution in [2.24, 2.45) is 0 Å². The molecule has 0 saturated heterocycles. The average molecular weight is 645 g/mol. The van der Waals surface area contributed by atoms with E-state index in [2.05, 4.69) is 5.32 Å². The van der Waals surface area contributed by atoms with Gasteiger partial charge in [0.1, 0.15) is 12.6 Å². The van der Waals surface area contributed by atoms with Gasteiger partial charge in [-0.2, -0.15) is 0 Å². The van der Waals surface area contributed by atoms with Crippen LogP contribution in [0.2, 0.25) is 20.1 Å². The van der Waals surface area contributed by atoms with Gasteiger partial charge in [-0.1, -0.05) is 83.7 Å². The predicted molar refractivity (Wildman–Crippen MR) is 162 cm³/mol. The topological polar surface area (TPSA) is 86.8 Å². The Morgan fingerprint density at radius 2 is 1.55 bits per heavy atom. The first-order chi connectivity index (χ1) is 18.9. The zero-order chi connectivity index (χ0) is 29.6. The maximum absolute atomic E-state index is 14.1. The zero-order valence-corrected chi connectivity index (χ0v) is 25.9. The van der Waals surface area contributed by atoms with Crippen LogP contribution < -0.4 is 9.62 Å². The molecule has 2 amide bonds. The van der Waals surface area contributed by atoms with Crippen LogP contribution in [0.15, 0.2) is 71.6 Å². The zero-order valence-electron chi connectivity index (χ0n) is 22.1. The number of carbonyl (C=O) groups is 2. The van der Waals surface area contributed by atoms with Gasteiger partial charge in [0, 0.05) is 12.6 Å². The van der Waals surface area contributed by atoms with Crippen molar-refractivity contribution >= 4 is 73.9 Å². The molecule has 0 aliphatic carbocycles. The number of carbonyl (C=O) groups excluding carboxylic acids is 2.